The highest BCUT2D eigenvalue weighted by molar-refractivity contribution is 4.42. The van der Waals surface area contributed by atoms with Gasteiger partial charge in [0.15, 0.2) is 0 Å². The van der Waals surface area contributed by atoms with Crippen LogP contribution in [-0.4, -0.2) is 19.6 Å². The summed E-state index contributed by atoms with van der Waals surface area (Å²) in [6.07, 6.45) is 14.1. The molecule has 112 valence electrons. The highest BCUT2D eigenvalue weighted by atomic mass is 127. The summed E-state index contributed by atoms with van der Waals surface area (Å²) in [6.45, 7) is 11.2. The van der Waals surface area contributed by atoms with Gasteiger partial charge in [-0.3, -0.25) is 0 Å². The van der Waals surface area contributed by atoms with E-state index in [1.807, 2.05) is 4.90 Å². The predicted octanol–water partition coefficient (Wildman–Crippen LogP) is 0.836. The molecule has 0 aromatic heterocycles. The fourth-order valence-corrected chi connectivity index (χ4v) is 2.41. The Hall–Kier alpha value is 0.690. The number of nitrogens with one attached hydrogen (secondary N) is 1. The van der Waals surface area contributed by atoms with Crippen LogP contribution in [0.3, 0.4) is 0 Å². The molecule has 2 heteroatoms. The van der Waals surface area contributed by atoms with Gasteiger partial charge in [-0.1, -0.05) is 52.9 Å². The van der Waals surface area contributed by atoms with Crippen LogP contribution in [0, 0.1) is 0 Å². The molecule has 0 rings (SSSR count). The van der Waals surface area contributed by atoms with Gasteiger partial charge in [0.2, 0.25) is 0 Å². The summed E-state index contributed by atoms with van der Waals surface area (Å²) in [5.41, 5.74) is 0. The summed E-state index contributed by atoms with van der Waals surface area (Å²) in [5, 5.41) is 0. The Morgan fingerprint density at radius 2 is 0.889 bits per heavy atom. The lowest BCUT2D eigenvalue weighted by atomic mass is 10.1. The third-order valence-corrected chi connectivity index (χ3v) is 3.65. The van der Waals surface area contributed by atoms with Crippen molar-refractivity contribution in [2.75, 3.05) is 19.6 Å². The van der Waals surface area contributed by atoms with E-state index in [2.05, 4.69) is 20.8 Å². The van der Waals surface area contributed by atoms with Crippen LogP contribution in [-0.2, 0) is 0 Å². The average molecular weight is 369 g/mol. The van der Waals surface area contributed by atoms with Gasteiger partial charge in [0, 0.05) is 0 Å². The van der Waals surface area contributed by atoms with E-state index in [9.17, 15) is 0 Å². The second-order valence-corrected chi connectivity index (χ2v) is 5.47. The molecule has 0 saturated carbocycles. The normalized spacial score (nSPS) is 10.7. The molecule has 0 aliphatic carbocycles. The summed E-state index contributed by atoms with van der Waals surface area (Å²) < 4.78 is 0. The first-order valence-corrected chi connectivity index (χ1v) is 8.18. The Bertz CT molecular complexity index is 127. The molecule has 0 unspecified atom stereocenters. The van der Waals surface area contributed by atoms with E-state index in [0.717, 1.165) is 0 Å². The quantitative estimate of drug-likeness (QED) is 0.363. The summed E-state index contributed by atoms with van der Waals surface area (Å²) in [7, 11) is 0. The number of hydrogen-bond donors (Lipinski definition) is 1. The number of rotatable bonds is 13. The highest BCUT2D eigenvalue weighted by Gasteiger charge is 2.06. The van der Waals surface area contributed by atoms with Crippen LogP contribution in [0.2, 0.25) is 0 Å². The summed E-state index contributed by atoms with van der Waals surface area (Å²) in [5.74, 6) is 0. The van der Waals surface area contributed by atoms with Crippen molar-refractivity contribution in [1.29, 1.82) is 0 Å². The van der Waals surface area contributed by atoms with Crippen LogP contribution in [0.15, 0.2) is 0 Å². The summed E-state index contributed by atoms with van der Waals surface area (Å²) >= 11 is 0. The number of unbranched alkanes of at least 4 members (excludes halogenated alkanes) is 7. The molecule has 0 atom stereocenters. The fraction of sp³-hybridized carbons (Fsp3) is 1.00. The highest BCUT2D eigenvalue weighted by Crippen LogP contribution is 1.98. The van der Waals surface area contributed by atoms with Gasteiger partial charge >= 0.3 is 0 Å². The van der Waals surface area contributed by atoms with Crippen molar-refractivity contribution in [2.45, 2.75) is 85.0 Å². The predicted molar refractivity (Wildman–Crippen MR) is 78.8 cm³/mol. The maximum atomic E-state index is 2.31. The van der Waals surface area contributed by atoms with Crippen molar-refractivity contribution < 1.29 is 28.9 Å². The van der Waals surface area contributed by atoms with Gasteiger partial charge < -0.3 is 28.9 Å². The van der Waals surface area contributed by atoms with Crippen molar-refractivity contribution in [1.82, 2.24) is 0 Å². The molecule has 18 heavy (non-hydrogen) atoms. The number of quaternary nitrogens is 1. The van der Waals surface area contributed by atoms with Gasteiger partial charge in [-0.2, -0.15) is 0 Å². The lowest BCUT2D eigenvalue weighted by Gasteiger charge is -2.19. The molecular weight excluding hydrogens is 333 g/mol. The van der Waals surface area contributed by atoms with Crippen LogP contribution in [0.5, 0.6) is 0 Å². The van der Waals surface area contributed by atoms with Crippen LogP contribution >= 0.6 is 0 Å². The van der Waals surface area contributed by atoms with E-state index < -0.39 is 0 Å². The topological polar surface area (TPSA) is 4.44 Å². The average Bonchev–Trinajstić information content (AvgIpc) is 2.35. The molecular formula is C16H36IN. The molecule has 0 aliphatic heterocycles. The molecule has 0 bridgehead atoms. The molecule has 0 amide bonds. The summed E-state index contributed by atoms with van der Waals surface area (Å²) in [4.78, 5) is 1.87. The van der Waals surface area contributed by atoms with Crippen molar-refractivity contribution in [2.24, 2.45) is 0 Å². The third-order valence-electron chi connectivity index (χ3n) is 3.65. The zero-order valence-electron chi connectivity index (χ0n) is 13.1. The molecule has 0 aromatic carbocycles. The number of hydrogen-bond acceptors (Lipinski definition) is 0. The van der Waals surface area contributed by atoms with Crippen molar-refractivity contribution in [3.05, 3.63) is 0 Å². The Labute approximate surface area is 133 Å². The van der Waals surface area contributed by atoms with Crippen LogP contribution in [0.25, 0.3) is 0 Å². The van der Waals surface area contributed by atoms with Gasteiger partial charge in [-0.15, -0.1) is 0 Å². The molecule has 1 nitrogen and oxygen atoms in total. The SMILES string of the molecule is CCCCCC[NH+](CCCC)CCCCCC.[I-]. The zero-order valence-corrected chi connectivity index (χ0v) is 15.2. The summed E-state index contributed by atoms with van der Waals surface area (Å²) in [6, 6.07) is 0. The van der Waals surface area contributed by atoms with E-state index in [1.54, 1.807) is 0 Å². The largest absolute Gasteiger partial charge is 1.00 e. The molecule has 1 N–H and O–H groups in total. The van der Waals surface area contributed by atoms with Crippen LogP contribution < -0.4 is 28.9 Å². The maximum absolute atomic E-state index is 2.31. The molecule has 0 aliphatic rings. The van der Waals surface area contributed by atoms with E-state index in [1.165, 1.54) is 83.8 Å². The Kier molecular flexibility index (Phi) is 20.6. The van der Waals surface area contributed by atoms with Gasteiger partial charge in [0.1, 0.15) is 0 Å². The van der Waals surface area contributed by atoms with Gasteiger partial charge in [-0.05, 0) is 32.1 Å². The minimum absolute atomic E-state index is 0. The van der Waals surface area contributed by atoms with E-state index in [4.69, 9.17) is 0 Å². The molecule has 0 heterocycles. The maximum Gasteiger partial charge on any atom is 0.0770 e. The van der Waals surface area contributed by atoms with E-state index >= 15 is 0 Å². The Morgan fingerprint density at radius 1 is 0.500 bits per heavy atom. The minimum Gasteiger partial charge on any atom is -1.00 e. The number of halogens is 1. The van der Waals surface area contributed by atoms with Crippen LogP contribution in [0.4, 0.5) is 0 Å². The smallest absolute Gasteiger partial charge is 0.0770 e. The molecule has 0 spiro atoms. The van der Waals surface area contributed by atoms with Gasteiger partial charge in [-0.25, -0.2) is 0 Å². The second kappa shape index (κ2) is 17.7. The zero-order chi connectivity index (χ0) is 12.8. The molecule has 0 fully saturated rings. The Balaban J connectivity index is 0. The lowest BCUT2D eigenvalue weighted by Crippen LogP contribution is -3.12. The standard InChI is InChI=1S/C16H35N.HI/c1-4-7-10-12-15-17(14-9-6-3)16-13-11-8-5-2;/h4-16H2,1-3H3;1H. The second-order valence-electron chi connectivity index (χ2n) is 5.47. The first kappa shape index (κ1) is 21.0. The van der Waals surface area contributed by atoms with Crippen molar-refractivity contribution in [3.63, 3.8) is 0 Å². The van der Waals surface area contributed by atoms with Crippen LogP contribution in [0.1, 0.15) is 85.0 Å². The van der Waals surface area contributed by atoms with Gasteiger partial charge in [0.05, 0.1) is 19.6 Å². The van der Waals surface area contributed by atoms with Gasteiger partial charge in [0.25, 0.3) is 0 Å². The first-order valence-electron chi connectivity index (χ1n) is 8.18. The molecule has 0 aromatic rings. The fourth-order valence-electron chi connectivity index (χ4n) is 2.41. The Morgan fingerprint density at radius 3 is 1.28 bits per heavy atom. The van der Waals surface area contributed by atoms with E-state index in [-0.39, 0.29) is 24.0 Å². The first-order chi connectivity index (χ1) is 8.35. The molecule has 0 radical (unpaired) electrons. The van der Waals surface area contributed by atoms with Crippen molar-refractivity contribution in [3.8, 4) is 0 Å². The molecule has 0 saturated heterocycles. The van der Waals surface area contributed by atoms with E-state index in [0.29, 0.717) is 0 Å². The van der Waals surface area contributed by atoms with Crippen molar-refractivity contribution >= 4 is 0 Å². The third kappa shape index (κ3) is 14.7. The lowest BCUT2D eigenvalue weighted by molar-refractivity contribution is -0.900. The monoisotopic (exact) mass is 369 g/mol. The minimum atomic E-state index is 0.